The molecule has 0 N–H and O–H groups in total. The van der Waals surface area contributed by atoms with E-state index in [0.717, 1.165) is 6.07 Å². The third-order valence-corrected chi connectivity index (χ3v) is 1.62. The molecule has 0 saturated carbocycles. The van der Waals surface area contributed by atoms with E-state index in [0.29, 0.717) is 12.1 Å². The van der Waals surface area contributed by atoms with Crippen molar-refractivity contribution < 1.29 is 22.9 Å². The molecular weight excluding hydrogens is 215 g/mol. The minimum absolute atomic E-state index is 0.382. The maximum Gasteiger partial charge on any atom is 0.423 e. The first-order valence-electron chi connectivity index (χ1n) is 3.60. The summed E-state index contributed by atoms with van der Waals surface area (Å²) in [5.41, 5.74) is -2.91. The zero-order chi connectivity index (χ0) is 11.6. The van der Waals surface area contributed by atoms with E-state index in [-0.39, 0.29) is 5.56 Å². The number of hydrogen-bond acceptors (Lipinski definition) is 3. The highest BCUT2D eigenvalue weighted by molar-refractivity contribution is 5.76. The van der Waals surface area contributed by atoms with Crippen LogP contribution in [0.2, 0.25) is 0 Å². The van der Waals surface area contributed by atoms with Gasteiger partial charge < -0.3 is 0 Å². The number of nitro benzene ring substituents is 1. The molecular formula is C8H3F3NO3. The highest BCUT2D eigenvalue weighted by Crippen LogP contribution is 2.36. The van der Waals surface area contributed by atoms with Crippen LogP contribution in [-0.2, 0) is 11.0 Å². The first-order chi connectivity index (χ1) is 6.86. The van der Waals surface area contributed by atoms with Crippen molar-refractivity contribution in [1.82, 2.24) is 0 Å². The molecule has 1 aromatic rings. The van der Waals surface area contributed by atoms with Crippen LogP contribution in [-0.4, -0.2) is 11.2 Å². The van der Waals surface area contributed by atoms with Crippen molar-refractivity contribution in [3.63, 3.8) is 0 Å². The van der Waals surface area contributed by atoms with Crippen LogP contribution in [0.4, 0.5) is 18.9 Å². The third kappa shape index (κ3) is 2.30. The second-order valence-electron chi connectivity index (χ2n) is 2.59. The molecule has 0 bridgehead atoms. The SMILES string of the molecule is O=[C]c1ccc([N+](=O)[O-])c(C(F)(F)F)c1. The Bertz CT molecular complexity index is 414. The van der Waals surface area contributed by atoms with Crippen LogP contribution in [0.3, 0.4) is 0 Å². The lowest BCUT2D eigenvalue weighted by Gasteiger charge is -2.06. The summed E-state index contributed by atoms with van der Waals surface area (Å²) in [6.45, 7) is 0. The average Bonchev–Trinajstić information content (AvgIpc) is 2.15. The quantitative estimate of drug-likeness (QED) is 0.563. The molecule has 7 heteroatoms. The predicted molar refractivity (Wildman–Crippen MR) is 42.9 cm³/mol. The summed E-state index contributed by atoms with van der Waals surface area (Å²) in [6, 6.07) is 1.93. The summed E-state index contributed by atoms with van der Waals surface area (Å²) in [5, 5.41) is 10.3. The molecule has 0 fully saturated rings. The Morgan fingerprint density at radius 3 is 2.33 bits per heavy atom. The molecule has 0 unspecified atom stereocenters. The van der Waals surface area contributed by atoms with Gasteiger partial charge in [-0.3, -0.25) is 14.9 Å². The van der Waals surface area contributed by atoms with Crippen molar-refractivity contribution in [3.05, 3.63) is 39.4 Å². The van der Waals surface area contributed by atoms with Gasteiger partial charge in [-0.1, -0.05) is 0 Å². The maximum absolute atomic E-state index is 12.3. The lowest BCUT2D eigenvalue weighted by atomic mass is 10.1. The van der Waals surface area contributed by atoms with Gasteiger partial charge in [-0.15, -0.1) is 0 Å². The van der Waals surface area contributed by atoms with Gasteiger partial charge in [0.05, 0.1) is 4.92 Å². The van der Waals surface area contributed by atoms with Crippen molar-refractivity contribution in [2.45, 2.75) is 6.18 Å². The molecule has 1 radical (unpaired) electrons. The number of alkyl halides is 3. The second-order valence-corrected chi connectivity index (χ2v) is 2.59. The minimum Gasteiger partial charge on any atom is -0.285 e. The van der Waals surface area contributed by atoms with Crippen molar-refractivity contribution >= 4 is 12.0 Å². The predicted octanol–water partition coefficient (Wildman–Crippen LogP) is 2.07. The van der Waals surface area contributed by atoms with E-state index >= 15 is 0 Å². The first-order valence-corrected chi connectivity index (χ1v) is 3.60. The summed E-state index contributed by atoms with van der Waals surface area (Å²) in [4.78, 5) is 19.2. The third-order valence-electron chi connectivity index (χ3n) is 1.62. The lowest BCUT2D eigenvalue weighted by Crippen LogP contribution is -2.09. The smallest absolute Gasteiger partial charge is 0.285 e. The minimum atomic E-state index is -4.87. The Labute approximate surface area is 81.5 Å². The van der Waals surface area contributed by atoms with Gasteiger partial charge in [-0.2, -0.15) is 13.2 Å². The highest BCUT2D eigenvalue weighted by Gasteiger charge is 2.38. The average molecular weight is 218 g/mol. The number of benzene rings is 1. The van der Waals surface area contributed by atoms with Crippen molar-refractivity contribution in [2.75, 3.05) is 0 Å². The largest absolute Gasteiger partial charge is 0.423 e. The van der Waals surface area contributed by atoms with Gasteiger partial charge >= 0.3 is 6.18 Å². The van der Waals surface area contributed by atoms with Crippen LogP contribution >= 0.6 is 0 Å². The van der Waals surface area contributed by atoms with Crippen LogP contribution in [0.15, 0.2) is 18.2 Å². The molecule has 0 aliphatic carbocycles. The Morgan fingerprint density at radius 2 is 1.93 bits per heavy atom. The van der Waals surface area contributed by atoms with Crippen LogP contribution in [0.25, 0.3) is 0 Å². The zero-order valence-corrected chi connectivity index (χ0v) is 7.04. The second kappa shape index (κ2) is 3.68. The number of rotatable bonds is 2. The number of carbonyl (C=O) groups excluding carboxylic acids is 1. The summed E-state index contributed by atoms with van der Waals surface area (Å²) in [5.74, 6) is 0. The summed E-state index contributed by atoms with van der Waals surface area (Å²) >= 11 is 0. The Balaban J connectivity index is 3.42. The van der Waals surface area contributed by atoms with E-state index in [4.69, 9.17) is 0 Å². The molecule has 0 aliphatic heterocycles. The van der Waals surface area contributed by atoms with Crippen molar-refractivity contribution in [2.24, 2.45) is 0 Å². The molecule has 4 nitrogen and oxygen atoms in total. The molecule has 0 heterocycles. The van der Waals surface area contributed by atoms with Gasteiger partial charge in [0.25, 0.3) is 5.69 Å². The fourth-order valence-electron chi connectivity index (χ4n) is 0.986. The maximum atomic E-state index is 12.3. The summed E-state index contributed by atoms with van der Waals surface area (Å²) in [7, 11) is 0. The van der Waals surface area contributed by atoms with E-state index in [9.17, 15) is 28.1 Å². The van der Waals surface area contributed by atoms with Gasteiger partial charge in [-0.05, 0) is 12.1 Å². The Hall–Kier alpha value is -1.92. The number of halogens is 3. The molecule has 0 spiro atoms. The van der Waals surface area contributed by atoms with Gasteiger partial charge in [0.2, 0.25) is 6.29 Å². The van der Waals surface area contributed by atoms with Crippen molar-refractivity contribution in [3.8, 4) is 0 Å². The van der Waals surface area contributed by atoms with Crippen LogP contribution in [0.1, 0.15) is 11.1 Å². The molecule has 1 rings (SSSR count). The van der Waals surface area contributed by atoms with Gasteiger partial charge in [-0.25, -0.2) is 0 Å². The van der Waals surface area contributed by atoms with Crippen molar-refractivity contribution in [1.29, 1.82) is 0 Å². The molecule has 0 aliphatic rings. The number of hydrogen-bond donors (Lipinski definition) is 0. The normalized spacial score (nSPS) is 11.1. The van der Waals surface area contributed by atoms with E-state index < -0.39 is 22.4 Å². The van der Waals surface area contributed by atoms with E-state index in [1.165, 1.54) is 6.29 Å². The molecule has 0 saturated heterocycles. The lowest BCUT2D eigenvalue weighted by molar-refractivity contribution is -0.388. The summed E-state index contributed by atoms with van der Waals surface area (Å²) in [6.07, 6.45) is -3.63. The zero-order valence-electron chi connectivity index (χ0n) is 7.04. The molecule has 1 aromatic carbocycles. The summed E-state index contributed by atoms with van der Waals surface area (Å²) < 4.78 is 36.9. The topological polar surface area (TPSA) is 60.2 Å². The first kappa shape index (κ1) is 11.2. The Morgan fingerprint density at radius 1 is 1.33 bits per heavy atom. The van der Waals surface area contributed by atoms with Crippen LogP contribution < -0.4 is 0 Å². The fraction of sp³-hybridized carbons (Fsp3) is 0.125. The molecule has 15 heavy (non-hydrogen) atoms. The standard InChI is InChI=1S/C8H3F3NO3/c9-8(10,11)6-3-5(4-13)1-2-7(6)12(14)15/h1-3H. The molecule has 0 amide bonds. The Kier molecular flexibility index (Phi) is 2.74. The molecule has 0 aromatic heterocycles. The number of nitrogens with zero attached hydrogens (tertiary/aromatic N) is 1. The molecule has 79 valence electrons. The highest BCUT2D eigenvalue weighted by atomic mass is 19.4. The van der Waals surface area contributed by atoms with Gasteiger partial charge in [0, 0.05) is 11.6 Å². The number of nitro groups is 1. The van der Waals surface area contributed by atoms with Gasteiger partial charge in [0.1, 0.15) is 5.56 Å². The fourth-order valence-corrected chi connectivity index (χ4v) is 0.986. The van der Waals surface area contributed by atoms with E-state index in [2.05, 4.69) is 0 Å². The van der Waals surface area contributed by atoms with E-state index in [1.807, 2.05) is 0 Å². The van der Waals surface area contributed by atoms with E-state index in [1.54, 1.807) is 0 Å². The monoisotopic (exact) mass is 218 g/mol. The molecule has 0 atom stereocenters. The van der Waals surface area contributed by atoms with Crippen LogP contribution in [0, 0.1) is 10.1 Å². The van der Waals surface area contributed by atoms with Gasteiger partial charge in [0.15, 0.2) is 0 Å². The van der Waals surface area contributed by atoms with Crippen LogP contribution in [0.5, 0.6) is 0 Å².